The molecule has 0 aliphatic heterocycles. The van der Waals surface area contributed by atoms with E-state index >= 15 is 0 Å². The number of hydrogen-bond donors (Lipinski definition) is 0. The van der Waals surface area contributed by atoms with Gasteiger partial charge in [-0.25, -0.2) is 4.99 Å². The maximum absolute atomic E-state index is 11.3. The molecule has 0 saturated carbocycles. The lowest BCUT2D eigenvalue weighted by Crippen LogP contribution is -2.09. The molecular weight excluding hydrogens is 188 g/mol. The van der Waals surface area contributed by atoms with Gasteiger partial charge >= 0.3 is 0 Å². The van der Waals surface area contributed by atoms with Gasteiger partial charge in [0, 0.05) is 20.5 Å². The van der Waals surface area contributed by atoms with E-state index in [1.165, 1.54) is 11.9 Å². The highest BCUT2D eigenvalue weighted by atomic mass is 16.1. The van der Waals surface area contributed by atoms with Crippen LogP contribution in [0.1, 0.15) is 12.0 Å². The summed E-state index contributed by atoms with van der Waals surface area (Å²) in [5.41, 5.74) is 1.17. The summed E-state index contributed by atoms with van der Waals surface area (Å²) in [5, 5.41) is 0. The minimum atomic E-state index is -0.0763. The minimum absolute atomic E-state index is 0.0763. The molecule has 0 atom stereocenters. The fourth-order valence-electron chi connectivity index (χ4n) is 1.14. The molecule has 0 bridgehead atoms. The summed E-state index contributed by atoms with van der Waals surface area (Å²) in [7, 11) is 3.68. The summed E-state index contributed by atoms with van der Waals surface area (Å²) in [6.45, 7) is 0. The molecule has 1 aromatic carbocycles. The Morgan fingerprint density at radius 3 is 2.60 bits per heavy atom. The van der Waals surface area contributed by atoms with E-state index in [2.05, 4.69) is 4.99 Å². The molecule has 0 saturated heterocycles. The van der Waals surface area contributed by atoms with Gasteiger partial charge in [-0.15, -0.1) is 0 Å². The minimum Gasteiger partial charge on any atom is -0.369 e. The molecule has 0 unspecified atom stereocenters. The van der Waals surface area contributed by atoms with E-state index in [1.54, 1.807) is 4.90 Å². The second kappa shape index (κ2) is 5.96. The first kappa shape index (κ1) is 11.4. The molecule has 0 aliphatic carbocycles. The van der Waals surface area contributed by atoms with Gasteiger partial charge < -0.3 is 4.90 Å². The highest BCUT2D eigenvalue weighted by Crippen LogP contribution is 2.02. The van der Waals surface area contributed by atoms with E-state index in [4.69, 9.17) is 0 Å². The van der Waals surface area contributed by atoms with Crippen molar-refractivity contribution in [3.63, 3.8) is 0 Å². The predicted octanol–water partition coefficient (Wildman–Crippen LogP) is 1.74. The number of benzene rings is 1. The summed E-state index contributed by atoms with van der Waals surface area (Å²) < 4.78 is 0. The number of amides is 1. The molecule has 0 heterocycles. The number of carbonyl (C=O) groups excluding carboxylic acids is 1. The predicted molar refractivity (Wildman–Crippen MR) is 61.9 cm³/mol. The second-order valence-corrected chi connectivity index (χ2v) is 3.59. The van der Waals surface area contributed by atoms with E-state index < -0.39 is 0 Å². The van der Waals surface area contributed by atoms with Crippen LogP contribution < -0.4 is 0 Å². The van der Waals surface area contributed by atoms with E-state index in [0.29, 0.717) is 6.42 Å². The highest BCUT2D eigenvalue weighted by Gasteiger charge is 1.99. The van der Waals surface area contributed by atoms with Gasteiger partial charge in [0.05, 0.1) is 6.34 Å². The van der Waals surface area contributed by atoms with Crippen LogP contribution >= 0.6 is 0 Å². The molecule has 0 aliphatic rings. The number of aryl methyl sites for hydroxylation is 1. The van der Waals surface area contributed by atoms with Crippen LogP contribution in [0.4, 0.5) is 0 Å². The van der Waals surface area contributed by atoms with Crippen LogP contribution in [-0.4, -0.2) is 31.2 Å². The molecule has 3 heteroatoms. The van der Waals surface area contributed by atoms with Crippen LogP contribution in [0.5, 0.6) is 0 Å². The zero-order valence-corrected chi connectivity index (χ0v) is 9.18. The third kappa shape index (κ3) is 4.96. The molecule has 0 N–H and O–H groups in total. The van der Waals surface area contributed by atoms with Gasteiger partial charge in [-0.1, -0.05) is 30.3 Å². The Bertz CT molecular complexity index is 331. The molecule has 1 aromatic rings. The number of hydrogen-bond acceptors (Lipinski definition) is 1. The second-order valence-electron chi connectivity index (χ2n) is 3.59. The molecule has 0 fully saturated rings. The Morgan fingerprint density at radius 2 is 2.00 bits per heavy atom. The Morgan fingerprint density at radius 1 is 1.33 bits per heavy atom. The molecule has 0 spiro atoms. The first-order valence-electron chi connectivity index (χ1n) is 4.96. The van der Waals surface area contributed by atoms with Crippen LogP contribution in [0.25, 0.3) is 0 Å². The van der Waals surface area contributed by atoms with Gasteiger partial charge in [-0.3, -0.25) is 4.79 Å². The van der Waals surface area contributed by atoms with Crippen LogP contribution in [0.15, 0.2) is 35.3 Å². The van der Waals surface area contributed by atoms with Crippen molar-refractivity contribution in [3.8, 4) is 0 Å². The normalized spacial score (nSPS) is 10.5. The average molecular weight is 204 g/mol. The van der Waals surface area contributed by atoms with Gasteiger partial charge in [0.15, 0.2) is 0 Å². The van der Waals surface area contributed by atoms with Crippen molar-refractivity contribution < 1.29 is 4.79 Å². The Kier molecular flexibility index (Phi) is 4.54. The van der Waals surface area contributed by atoms with Crippen molar-refractivity contribution >= 4 is 12.2 Å². The molecule has 15 heavy (non-hydrogen) atoms. The van der Waals surface area contributed by atoms with Crippen molar-refractivity contribution in [2.24, 2.45) is 4.99 Å². The summed E-state index contributed by atoms with van der Waals surface area (Å²) in [6.07, 6.45) is 2.76. The van der Waals surface area contributed by atoms with Gasteiger partial charge in [-0.2, -0.15) is 0 Å². The average Bonchev–Trinajstić information content (AvgIpc) is 2.25. The molecule has 3 nitrogen and oxygen atoms in total. The first-order chi connectivity index (χ1) is 7.18. The SMILES string of the molecule is CN(C)C=NC(=O)CCc1ccccc1. The van der Waals surface area contributed by atoms with Crippen molar-refractivity contribution in [3.05, 3.63) is 35.9 Å². The van der Waals surface area contributed by atoms with Crippen molar-refractivity contribution in [1.29, 1.82) is 0 Å². The van der Waals surface area contributed by atoms with Gasteiger partial charge in [0.25, 0.3) is 0 Å². The highest BCUT2D eigenvalue weighted by molar-refractivity contribution is 5.84. The van der Waals surface area contributed by atoms with E-state index in [9.17, 15) is 4.79 Å². The molecular formula is C12H16N2O. The number of nitrogens with zero attached hydrogens (tertiary/aromatic N) is 2. The van der Waals surface area contributed by atoms with Gasteiger partial charge in [0.2, 0.25) is 5.91 Å². The Hall–Kier alpha value is -1.64. The van der Waals surface area contributed by atoms with Crippen molar-refractivity contribution in [2.75, 3.05) is 14.1 Å². The smallest absolute Gasteiger partial charge is 0.247 e. The third-order valence-electron chi connectivity index (χ3n) is 1.90. The quantitative estimate of drug-likeness (QED) is 0.552. The van der Waals surface area contributed by atoms with Gasteiger partial charge in [-0.05, 0) is 12.0 Å². The molecule has 0 aromatic heterocycles. The monoisotopic (exact) mass is 204 g/mol. The third-order valence-corrected chi connectivity index (χ3v) is 1.90. The number of carbonyl (C=O) groups is 1. The molecule has 1 amide bonds. The lowest BCUT2D eigenvalue weighted by Gasteiger charge is -2.01. The van der Waals surface area contributed by atoms with E-state index in [0.717, 1.165) is 6.42 Å². The van der Waals surface area contributed by atoms with E-state index in [-0.39, 0.29) is 5.91 Å². The zero-order valence-electron chi connectivity index (χ0n) is 9.18. The fourth-order valence-corrected chi connectivity index (χ4v) is 1.14. The first-order valence-corrected chi connectivity index (χ1v) is 4.96. The van der Waals surface area contributed by atoms with Crippen LogP contribution in [0.3, 0.4) is 0 Å². The van der Waals surface area contributed by atoms with Crippen molar-refractivity contribution in [1.82, 2.24) is 4.90 Å². The molecule has 0 radical (unpaired) electrons. The Labute approximate surface area is 90.4 Å². The number of rotatable bonds is 4. The van der Waals surface area contributed by atoms with Crippen LogP contribution in [0, 0.1) is 0 Å². The summed E-state index contributed by atoms with van der Waals surface area (Å²) in [5.74, 6) is -0.0763. The zero-order chi connectivity index (χ0) is 11.1. The largest absolute Gasteiger partial charge is 0.369 e. The summed E-state index contributed by atoms with van der Waals surface area (Å²) >= 11 is 0. The summed E-state index contributed by atoms with van der Waals surface area (Å²) in [4.78, 5) is 16.8. The maximum Gasteiger partial charge on any atom is 0.247 e. The van der Waals surface area contributed by atoms with Crippen LogP contribution in [0.2, 0.25) is 0 Å². The Balaban J connectivity index is 2.35. The molecule has 80 valence electrons. The fraction of sp³-hybridized carbons (Fsp3) is 0.333. The van der Waals surface area contributed by atoms with Gasteiger partial charge in [0.1, 0.15) is 0 Å². The lowest BCUT2D eigenvalue weighted by atomic mass is 10.1. The number of aliphatic imine (C=N–C) groups is 1. The van der Waals surface area contributed by atoms with Crippen molar-refractivity contribution in [2.45, 2.75) is 12.8 Å². The van der Waals surface area contributed by atoms with E-state index in [1.807, 2.05) is 44.4 Å². The van der Waals surface area contributed by atoms with Crippen LogP contribution in [-0.2, 0) is 11.2 Å². The maximum atomic E-state index is 11.3. The summed E-state index contributed by atoms with van der Waals surface area (Å²) in [6, 6.07) is 9.95. The standard InChI is InChI=1S/C12H16N2O/c1-14(2)10-13-12(15)9-8-11-6-4-3-5-7-11/h3-7,10H,8-9H2,1-2H3. The lowest BCUT2D eigenvalue weighted by molar-refractivity contribution is -0.117. The molecule has 1 rings (SSSR count). The topological polar surface area (TPSA) is 32.7 Å².